The molecule has 3 rings (SSSR count). The Morgan fingerprint density at radius 1 is 1.16 bits per heavy atom. The minimum Gasteiger partial charge on any atom is -0.349 e. The smallest absolute Gasteiger partial charge is 0.349 e. The molecule has 1 amide bonds. The molecule has 0 aliphatic heterocycles. The summed E-state index contributed by atoms with van der Waals surface area (Å²) in [5.41, 5.74) is 1.53. The molecular weight excluding hydrogens is 429 g/mol. The van der Waals surface area contributed by atoms with Crippen molar-refractivity contribution in [3.63, 3.8) is 0 Å². The van der Waals surface area contributed by atoms with E-state index < -0.39 is 27.2 Å². The molecule has 5 nitrogen and oxygen atoms in total. The van der Waals surface area contributed by atoms with Crippen LogP contribution in [0.15, 0.2) is 42.5 Å². The van der Waals surface area contributed by atoms with Gasteiger partial charge in [-0.3, -0.25) is 9.52 Å². The van der Waals surface area contributed by atoms with E-state index in [1.54, 1.807) is 25.1 Å². The zero-order valence-corrected chi connectivity index (χ0v) is 18.5. The lowest BCUT2D eigenvalue weighted by molar-refractivity contribution is -0.137. The van der Waals surface area contributed by atoms with Gasteiger partial charge in [0.25, 0.3) is 0 Å². The topological polar surface area (TPSA) is 75.3 Å². The molecule has 1 fully saturated rings. The number of nitrogens with one attached hydrogen (secondary N) is 2. The Labute approximate surface area is 180 Å². The third kappa shape index (κ3) is 5.20. The van der Waals surface area contributed by atoms with E-state index in [1.165, 1.54) is 12.1 Å². The largest absolute Gasteiger partial charge is 0.416 e. The van der Waals surface area contributed by atoms with Crippen molar-refractivity contribution in [2.24, 2.45) is 5.92 Å². The van der Waals surface area contributed by atoms with Crippen LogP contribution in [-0.2, 0) is 26.4 Å². The van der Waals surface area contributed by atoms with E-state index in [9.17, 15) is 26.4 Å². The minimum atomic E-state index is -4.39. The molecule has 1 aliphatic carbocycles. The molecule has 0 spiro atoms. The van der Waals surface area contributed by atoms with Crippen molar-refractivity contribution in [2.45, 2.75) is 44.8 Å². The third-order valence-electron chi connectivity index (χ3n) is 5.83. The number of sulfonamides is 1. The molecular formula is C22H25F3N2O3S. The highest BCUT2D eigenvalue weighted by atomic mass is 32.2. The number of hydrogen-bond acceptors (Lipinski definition) is 3. The minimum absolute atomic E-state index is 0.161. The maximum Gasteiger partial charge on any atom is 0.416 e. The van der Waals surface area contributed by atoms with Crippen molar-refractivity contribution in [1.82, 2.24) is 5.32 Å². The molecule has 0 bridgehead atoms. The highest BCUT2D eigenvalue weighted by molar-refractivity contribution is 7.92. The Bertz CT molecular complexity index is 1100. The van der Waals surface area contributed by atoms with Gasteiger partial charge in [0, 0.05) is 11.3 Å². The van der Waals surface area contributed by atoms with Gasteiger partial charge in [0.05, 0.1) is 23.5 Å². The van der Waals surface area contributed by atoms with Crippen LogP contribution in [0.1, 0.15) is 48.6 Å². The predicted molar refractivity (Wildman–Crippen MR) is 113 cm³/mol. The molecule has 0 radical (unpaired) electrons. The Morgan fingerprint density at radius 2 is 1.77 bits per heavy atom. The number of hydrogen-bond donors (Lipinski definition) is 2. The number of aryl methyl sites for hydroxylation is 1. The van der Waals surface area contributed by atoms with Gasteiger partial charge >= 0.3 is 6.18 Å². The van der Waals surface area contributed by atoms with Gasteiger partial charge in [0.2, 0.25) is 15.9 Å². The fraction of sp³-hybridized carbons (Fsp3) is 0.409. The summed E-state index contributed by atoms with van der Waals surface area (Å²) in [4.78, 5) is 12.8. The molecule has 1 aliphatic rings. The second-order valence-electron chi connectivity index (χ2n) is 8.43. The molecule has 0 aromatic heterocycles. The lowest BCUT2D eigenvalue weighted by Gasteiger charge is -2.18. The van der Waals surface area contributed by atoms with E-state index in [2.05, 4.69) is 10.0 Å². The van der Waals surface area contributed by atoms with E-state index in [4.69, 9.17) is 0 Å². The molecule has 2 N–H and O–H groups in total. The lowest BCUT2D eigenvalue weighted by Crippen LogP contribution is -2.30. The van der Waals surface area contributed by atoms with Crippen LogP contribution in [0.25, 0.3) is 0 Å². The van der Waals surface area contributed by atoms with Gasteiger partial charge in [-0.15, -0.1) is 0 Å². The summed E-state index contributed by atoms with van der Waals surface area (Å²) in [5.74, 6) is -0.482. The van der Waals surface area contributed by atoms with Crippen molar-refractivity contribution >= 4 is 21.6 Å². The summed E-state index contributed by atoms with van der Waals surface area (Å²) in [6.45, 7) is 5.47. The SMILES string of the molecule is Cc1cc([C@H](C)NC(=O)[C@H]2C[C@]2(C)c2ccc(C(F)(F)F)cc2)ccc1NS(C)(=O)=O. The molecule has 31 heavy (non-hydrogen) atoms. The highest BCUT2D eigenvalue weighted by Gasteiger charge is 2.55. The van der Waals surface area contributed by atoms with E-state index >= 15 is 0 Å². The average molecular weight is 455 g/mol. The summed E-state index contributed by atoms with van der Waals surface area (Å²) < 4.78 is 63.6. The number of benzene rings is 2. The van der Waals surface area contributed by atoms with Gasteiger partial charge in [-0.05, 0) is 55.2 Å². The van der Waals surface area contributed by atoms with Gasteiger partial charge in [0.15, 0.2) is 0 Å². The Hall–Kier alpha value is -2.55. The maximum absolute atomic E-state index is 12.8. The van der Waals surface area contributed by atoms with Gasteiger partial charge in [0.1, 0.15) is 0 Å². The fourth-order valence-electron chi connectivity index (χ4n) is 3.77. The van der Waals surface area contributed by atoms with Crippen molar-refractivity contribution in [3.05, 3.63) is 64.7 Å². The normalized spacial score (nSPS) is 22.0. The molecule has 0 saturated heterocycles. The van der Waals surface area contributed by atoms with Crippen LogP contribution in [-0.4, -0.2) is 20.6 Å². The molecule has 3 atom stereocenters. The first-order chi connectivity index (χ1) is 14.2. The first-order valence-electron chi connectivity index (χ1n) is 9.77. The zero-order chi connectivity index (χ0) is 23.2. The number of alkyl halides is 3. The monoisotopic (exact) mass is 454 g/mol. The van der Waals surface area contributed by atoms with E-state index in [0.29, 0.717) is 17.7 Å². The van der Waals surface area contributed by atoms with E-state index in [0.717, 1.165) is 29.5 Å². The molecule has 1 saturated carbocycles. The average Bonchev–Trinajstić information content (AvgIpc) is 3.35. The molecule has 0 unspecified atom stereocenters. The second kappa shape index (κ2) is 7.85. The van der Waals surface area contributed by atoms with Crippen LogP contribution in [0.4, 0.5) is 18.9 Å². The molecule has 0 heterocycles. The Morgan fingerprint density at radius 3 is 2.29 bits per heavy atom. The van der Waals surface area contributed by atoms with Gasteiger partial charge in [-0.25, -0.2) is 8.42 Å². The van der Waals surface area contributed by atoms with Gasteiger partial charge in [-0.1, -0.05) is 31.2 Å². The lowest BCUT2D eigenvalue weighted by atomic mass is 9.94. The van der Waals surface area contributed by atoms with Crippen molar-refractivity contribution < 1.29 is 26.4 Å². The summed E-state index contributed by atoms with van der Waals surface area (Å²) in [6, 6.07) is 9.87. The van der Waals surface area contributed by atoms with Crippen molar-refractivity contribution in [3.8, 4) is 0 Å². The second-order valence-corrected chi connectivity index (χ2v) is 10.2. The van der Waals surface area contributed by atoms with Crippen LogP contribution in [0.3, 0.4) is 0 Å². The van der Waals surface area contributed by atoms with E-state index in [-0.39, 0.29) is 17.9 Å². The first kappa shape index (κ1) is 23.1. The molecule has 2 aromatic carbocycles. The quantitative estimate of drug-likeness (QED) is 0.673. The predicted octanol–water partition coefficient (Wildman–Crippen LogP) is 4.54. The number of anilines is 1. The maximum atomic E-state index is 12.8. The number of carbonyl (C=O) groups excluding carboxylic acids is 1. The molecule has 2 aromatic rings. The third-order valence-corrected chi connectivity index (χ3v) is 6.42. The number of carbonyl (C=O) groups is 1. The van der Waals surface area contributed by atoms with Crippen LogP contribution >= 0.6 is 0 Å². The Balaban J connectivity index is 1.66. The molecule has 168 valence electrons. The van der Waals surface area contributed by atoms with E-state index in [1.807, 2.05) is 13.8 Å². The number of rotatable bonds is 6. The standard InChI is InChI=1S/C22H25F3N2O3S/c1-13-11-15(5-10-19(13)27-31(4,29)30)14(2)26-20(28)18-12-21(18,3)16-6-8-17(9-7-16)22(23,24)25/h5-11,14,18,27H,12H2,1-4H3,(H,26,28)/t14-,18+,21+/m0/s1. The van der Waals surface area contributed by atoms with Gasteiger partial charge < -0.3 is 5.32 Å². The number of amides is 1. The summed E-state index contributed by atoms with van der Waals surface area (Å²) in [5, 5.41) is 2.96. The molecule has 9 heteroatoms. The fourth-order valence-corrected chi connectivity index (χ4v) is 4.40. The number of halogens is 3. The first-order valence-corrected chi connectivity index (χ1v) is 11.7. The van der Waals surface area contributed by atoms with Crippen molar-refractivity contribution in [1.29, 1.82) is 0 Å². The van der Waals surface area contributed by atoms with Crippen LogP contribution < -0.4 is 10.0 Å². The van der Waals surface area contributed by atoms with Crippen LogP contribution in [0.5, 0.6) is 0 Å². The summed E-state index contributed by atoms with van der Waals surface area (Å²) in [7, 11) is -3.39. The Kier molecular flexibility index (Phi) is 5.86. The van der Waals surface area contributed by atoms with Crippen molar-refractivity contribution in [2.75, 3.05) is 11.0 Å². The van der Waals surface area contributed by atoms with Crippen LogP contribution in [0.2, 0.25) is 0 Å². The van der Waals surface area contributed by atoms with Crippen LogP contribution in [0, 0.1) is 12.8 Å². The zero-order valence-electron chi connectivity index (χ0n) is 17.7. The summed E-state index contributed by atoms with van der Waals surface area (Å²) in [6.07, 6.45) is -2.75. The van der Waals surface area contributed by atoms with Gasteiger partial charge in [-0.2, -0.15) is 13.2 Å². The summed E-state index contributed by atoms with van der Waals surface area (Å²) >= 11 is 0. The highest BCUT2D eigenvalue weighted by Crippen LogP contribution is 2.54.